The summed E-state index contributed by atoms with van der Waals surface area (Å²) in [6.07, 6.45) is 0.401. The van der Waals surface area contributed by atoms with E-state index in [9.17, 15) is 18.0 Å². The van der Waals surface area contributed by atoms with Crippen molar-refractivity contribution in [1.82, 2.24) is 14.3 Å². The number of hydrogen-bond acceptors (Lipinski definition) is 5. The van der Waals surface area contributed by atoms with E-state index in [0.717, 1.165) is 37.7 Å². The number of alkyl halides is 3. The van der Waals surface area contributed by atoms with Crippen LogP contribution in [-0.2, 0) is 35.6 Å². The van der Waals surface area contributed by atoms with Crippen molar-refractivity contribution in [2.45, 2.75) is 52.6 Å². The highest BCUT2D eigenvalue weighted by molar-refractivity contribution is 6.05. The molecule has 234 valence electrons. The van der Waals surface area contributed by atoms with Crippen molar-refractivity contribution in [3.05, 3.63) is 95.5 Å². The van der Waals surface area contributed by atoms with Crippen molar-refractivity contribution in [3.8, 4) is 16.9 Å². The number of aromatic nitrogens is 3. The number of nitrogens with zero attached hydrogens (tertiary/aromatic N) is 3. The van der Waals surface area contributed by atoms with Crippen LogP contribution >= 0.6 is 0 Å². The summed E-state index contributed by atoms with van der Waals surface area (Å²) in [5, 5.41) is 7.25. The summed E-state index contributed by atoms with van der Waals surface area (Å²) in [4.78, 5) is 13.6. The third-order valence-corrected chi connectivity index (χ3v) is 7.97. The molecule has 45 heavy (non-hydrogen) atoms. The number of carbonyl (C=O) groups excluding carboxylic acids is 1. The number of rotatable bonds is 8. The Labute approximate surface area is 258 Å². The van der Waals surface area contributed by atoms with E-state index in [2.05, 4.69) is 5.10 Å². The molecule has 0 saturated carbocycles. The van der Waals surface area contributed by atoms with Gasteiger partial charge in [-0.1, -0.05) is 66.7 Å². The average molecular weight is 618 g/mol. The molecule has 0 bridgehead atoms. The molecule has 0 amide bonds. The lowest BCUT2D eigenvalue weighted by Gasteiger charge is -2.13. The second-order valence-electron chi connectivity index (χ2n) is 11.0. The molecule has 3 aromatic carbocycles. The number of halogens is 3. The van der Waals surface area contributed by atoms with E-state index in [1.807, 2.05) is 77.4 Å². The average Bonchev–Trinajstić information content (AvgIpc) is 3.47. The van der Waals surface area contributed by atoms with E-state index < -0.39 is 18.7 Å². The van der Waals surface area contributed by atoms with Crippen LogP contribution in [0.5, 0.6) is 5.75 Å². The molecule has 0 unspecified atom stereocenters. The molecule has 0 spiro atoms. The van der Waals surface area contributed by atoms with Crippen molar-refractivity contribution < 1.29 is 32.2 Å². The zero-order valence-corrected chi connectivity index (χ0v) is 25.2. The largest absolute Gasteiger partial charge is 0.493 e. The lowest BCUT2D eigenvalue weighted by molar-refractivity contribution is -0.143. The Morgan fingerprint density at radius 2 is 1.80 bits per heavy atom. The van der Waals surface area contributed by atoms with Gasteiger partial charge in [0.1, 0.15) is 18.0 Å². The lowest BCUT2D eigenvalue weighted by atomic mass is 9.98. The number of fused-ring (bicyclic) bond motifs is 3. The molecule has 3 heterocycles. The van der Waals surface area contributed by atoms with Crippen LogP contribution in [0.25, 0.3) is 32.8 Å². The van der Waals surface area contributed by atoms with Gasteiger partial charge in [-0.3, -0.25) is 4.68 Å². The Kier molecular flexibility index (Phi) is 8.67. The molecule has 1 aliphatic heterocycles. The zero-order valence-electron chi connectivity index (χ0n) is 25.2. The van der Waals surface area contributed by atoms with Crippen molar-refractivity contribution in [3.63, 3.8) is 0 Å². The highest BCUT2D eigenvalue weighted by Gasteiger charge is 2.32. The summed E-state index contributed by atoms with van der Waals surface area (Å²) >= 11 is 0. The summed E-state index contributed by atoms with van der Waals surface area (Å²) in [6, 6.07) is 19.7. The first-order valence-corrected chi connectivity index (χ1v) is 15.0. The molecule has 1 aliphatic rings. The topological polar surface area (TPSA) is 67.5 Å². The van der Waals surface area contributed by atoms with Crippen molar-refractivity contribution in [1.29, 1.82) is 0 Å². The Hall–Kier alpha value is -4.57. The Balaban J connectivity index is 1.44. The van der Waals surface area contributed by atoms with Crippen LogP contribution in [0.15, 0.2) is 72.8 Å². The highest BCUT2D eigenvalue weighted by atomic mass is 19.4. The summed E-state index contributed by atoms with van der Waals surface area (Å²) in [6.45, 7) is 3.37. The summed E-state index contributed by atoms with van der Waals surface area (Å²) in [7, 11) is 0. The highest BCUT2D eigenvalue weighted by Crippen LogP contribution is 2.39. The molecule has 0 N–H and O–H groups in total. The number of ether oxygens (including phenoxy) is 3. The van der Waals surface area contributed by atoms with Gasteiger partial charge in [0.2, 0.25) is 0 Å². The number of carbonyl (C=O) groups is 1. The van der Waals surface area contributed by atoms with Crippen LogP contribution in [0.4, 0.5) is 13.2 Å². The van der Waals surface area contributed by atoms with Gasteiger partial charge in [0, 0.05) is 28.4 Å². The minimum atomic E-state index is -4.46. The fourth-order valence-corrected chi connectivity index (χ4v) is 6.20. The maximum absolute atomic E-state index is 13.6. The van der Waals surface area contributed by atoms with E-state index in [0.29, 0.717) is 54.2 Å². The van der Waals surface area contributed by atoms with E-state index in [1.165, 1.54) is 0 Å². The van der Waals surface area contributed by atoms with Gasteiger partial charge < -0.3 is 18.8 Å². The second kappa shape index (κ2) is 12.8. The SMILES string of the molecule is CCOC(=O)c1c(CCCOc2cccc3ccccc23)c2cccc3c2n1C/C=C\COCc1c-3c(C)nn1CC(F)(F)F. The molecular weight excluding hydrogens is 583 g/mol. The maximum Gasteiger partial charge on any atom is 0.408 e. The van der Waals surface area contributed by atoms with E-state index in [4.69, 9.17) is 14.2 Å². The zero-order chi connectivity index (χ0) is 31.6. The van der Waals surface area contributed by atoms with Gasteiger partial charge >= 0.3 is 12.1 Å². The smallest absolute Gasteiger partial charge is 0.408 e. The number of aryl methyl sites for hydroxylation is 2. The summed E-state index contributed by atoms with van der Waals surface area (Å²) in [5.41, 5.74) is 4.04. The molecule has 0 radical (unpaired) electrons. The monoisotopic (exact) mass is 617 g/mol. The van der Waals surface area contributed by atoms with Crippen molar-refractivity contribution in [2.24, 2.45) is 0 Å². The van der Waals surface area contributed by atoms with Crippen LogP contribution < -0.4 is 4.74 Å². The fourth-order valence-electron chi connectivity index (χ4n) is 6.20. The molecule has 5 aromatic rings. The molecular formula is C35H34F3N3O4. The third-order valence-electron chi connectivity index (χ3n) is 7.97. The minimum absolute atomic E-state index is 0.0449. The first kappa shape index (κ1) is 30.5. The van der Waals surface area contributed by atoms with Gasteiger partial charge in [0.15, 0.2) is 0 Å². The quantitative estimate of drug-likeness (QED) is 0.101. The first-order chi connectivity index (χ1) is 21.8. The van der Waals surface area contributed by atoms with Gasteiger partial charge in [0.05, 0.1) is 43.3 Å². The number of allylic oxidation sites excluding steroid dienone is 1. The Bertz CT molecular complexity index is 1880. The summed E-state index contributed by atoms with van der Waals surface area (Å²) < 4.78 is 61.1. The van der Waals surface area contributed by atoms with Crippen molar-refractivity contribution >= 4 is 27.6 Å². The number of para-hydroxylation sites is 1. The van der Waals surface area contributed by atoms with Gasteiger partial charge in [-0.05, 0) is 43.7 Å². The molecule has 7 nitrogen and oxygen atoms in total. The fraction of sp³-hybridized carbons (Fsp3) is 0.314. The third kappa shape index (κ3) is 6.20. The predicted molar refractivity (Wildman–Crippen MR) is 166 cm³/mol. The lowest BCUT2D eigenvalue weighted by Crippen LogP contribution is -2.21. The van der Waals surface area contributed by atoms with E-state index in [-0.39, 0.29) is 19.8 Å². The molecule has 10 heteroatoms. The number of hydrogen-bond donors (Lipinski definition) is 0. The molecule has 0 saturated heterocycles. The van der Waals surface area contributed by atoms with Crippen LogP contribution in [-0.4, -0.2) is 46.3 Å². The predicted octanol–water partition coefficient (Wildman–Crippen LogP) is 7.80. The van der Waals surface area contributed by atoms with E-state index >= 15 is 0 Å². The van der Waals surface area contributed by atoms with Crippen LogP contribution in [0.1, 0.15) is 40.8 Å². The van der Waals surface area contributed by atoms with Gasteiger partial charge in [0.25, 0.3) is 0 Å². The molecule has 0 fully saturated rings. The van der Waals surface area contributed by atoms with Crippen molar-refractivity contribution in [2.75, 3.05) is 19.8 Å². The van der Waals surface area contributed by atoms with Gasteiger partial charge in [-0.15, -0.1) is 0 Å². The van der Waals surface area contributed by atoms with Crippen LogP contribution in [0, 0.1) is 6.92 Å². The molecule has 2 aromatic heterocycles. The Morgan fingerprint density at radius 3 is 2.62 bits per heavy atom. The van der Waals surface area contributed by atoms with Crippen LogP contribution in [0.2, 0.25) is 0 Å². The van der Waals surface area contributed by atoms with Crippen LogP contribution in [0.3, 0.4) is 0 Å². The molecule has 0 aliphatic carbocycles. The molecule has 0 atom stereocenters. The standard InChI is InChI=1S/C35H34F3N3O4/c1-3-44-34(42)33-27(16-10-20-45-30-17-8-12-24-11-4-5-13-25(24)30)26-14-9-15-28-31-23(2)39-41(22-35(36,37)38)29(31)21-43-19-7-6-18-40(33)32(26)28/h4-9,11-15,17H,3,10,16,18-22H2,1-2H3/b7-6-. The summed E-state index contributed by atoms with van der Waals surface area (Å²) in [5.74, 6) is 0.345. The normalized spacial score (nSPS) is 14.2. The Morgan fingerprint density at radius 1 is 1.02 bits per heavy atom. The van der Waals surface area contributed by atoms with E-state index in [1.54, 1.807) is 13.8 Å². The molecule has 6 rings (SSSR count). The second-order valence-corrected chi connectivity index (χ2v) is 11.0. The minimum Gasteiger partial charge on any atom is -0.493 e. The van der Waals surface area contributed by atoms with Gasteiger partial charge in [-0.25, -0.2) is 4.79 Å². The number of benzene rings is 3. The maximum atomic E-state index is 13.6. The number of esters is 1. The van der Waals surface area contributed by atoms with Gasteiger partial charge in [-0.2, -0.15) is 18.3 Å². The first-order valence-electron chi connectivity index (χ1n) is 15.0.